The summed E-state index contributed by atoms with van der Waals surface area (Å²) < 4.78 is 1.00. The van der Waals surface area contributed by atoms with Gasteiger partial charge in [0.25, 0.3) is 0 Å². The highest BCUT2D eigenvalue weighted by atomic mass is 35.5. The highest BCUT2D eigenvalue weighted by Crippen LogP contribution is 2.37. The van der Waals surface area contributed by atoms with E-state index >= 15 is 0 Å². The molecule has 2 aromatic heterocycles. The molecule has 0 bridgehead atoms. The number of nitrogens with zero attached hydrogens (tertiary/aromatic N) is 2. The summed E-state index contributed by atoms with van der Waals surface area (Å²) in [5, 5.41) is 1.21. The van der Waals surface area contributed by atoms with Crippen LogP contribution in [0.1, 0.15) is 0 Å². The summed E-state index contributed by atoms with van der Waals surface area (Å²) in [6.45, 7) is 0. The van der Waals surface area contributed by atoms with Gasteiger partial charge < -0.3 is 0 Å². The number of aromatic nitrogens is 2. The number of hydrogen-bond donors (Lipinski definition) is 0. The van der Waals surface area contributed by atoms with Crippen molar-refractivity contribution in [1.29, 1.82) is 0 Å². The lowest BCUT2D eigenvalue weighted by Crippen LogP contribution is -1.86. The molecular weight excluding hydrogens is 275 g/mol. The second-order valence-corrected chi connectivity index (χ2v) is 5.13. The minimum Gasteiger partial charge on any atom is -0.254 e. The van der Waals surface area contributed by atoms with Gasteiger partial charge in [-0.1, -0.05) is 29.3 Å². The molecule has 0 amide bonds. The molecule has 0 unspecified atom stereocenters. The van der Waals surface area contributed by atoms with Crippen molar-refractivity contribution in [3.05, 3.63) is 46.0 Å². The van der Waals surface area contributed by atoms with Crippen LogP contribution in [0.3, 0.4) is 0 Å². The van der Waals surface area contributed by atoms with E-state index in [-0.39, 0.29) is 0 Å². The summed E-state index contributed by atoms with van der Waals surface area (Å²) in [4.78, 5) is 8.63. The normalized spacial score (nSPS) is 10.9. The molecule has 0 N–H and O–H groups in total. The Hall–Kier alpha value is -1.16. The van der Waals surface area contributed by atoms with Crippen LogP contribution in [-0.2, 0) is 0 Å². The van der Waals surface area contributed by atoms with Gasteiger partial charge in [0.1, 0.15) is 0 Å². The Kier molecular flexibility index (Phi) is 2.74. The van der Waals surface area contributed by atoms with Crippen LogP contribution in [-0.4, -0.2) is 9.97 Å². The molecule has 3 rings (SSSR count). The van der Waals surface area contributed by atoms with Crippen molar-refractivity contribution in [2.45, 2.75) is 0 Å². The van der Waals surface area contributed by atoms with Gasteiger partial charge in [0.2, 0.25) is 0 Å². The van der Waals surface area contributed by atoms with Gasteiger partial charge in [-0.15, -0.1) is 11.3 Å². The molecule has 17 heavy (non-hydrogen) atoms. The fraction of sp³-hybridized carbons (Fsp3) is 0. The number of halogens is 2. The van der Waals surface area contributed by atoms with Gasteiger partial charge in [0, 0.05) is 11.8 Å². The first kappa shape index (κ1) is 11.0. The summed E-state index contributed by atoms with van der Waals surface area (Å²) >= 11 is 13.9. The maximum absolute atomic E-state index is 6.19. The molecule has 0 saturated heterocycles. The molecule has 0 aliphatic heterocycles. The van der Waals surface area contributed by atoms with Crippen molar-refractivity contribution in [2.24, 2.45) is 0 Å². The van der Waals surface area contributed by atoms with E-state index < -0.39 is 0 Å². The molecular formula is C12H6Cl2N2S. The fourth-order valence-corrected chi connectivity index (χ4v) is 3.05. The zero-order chi connectivity index (χ0) is 11.8. The van der Waals surface area contributed by atoms with Crippen LogP contribution in [0, 0.1) is 0 Å². The topological polar surface area (TPSA) is 25.8 Å². The van der Waals surface area contributed by atoms with Crippen molar-refractivity contribution in [1.82, 2.24) is 9.97 Å². The van der Waals surface area contributed by atoms with Crippen LogP contribution in [0.2, 0.25) is 10.0 Å². The van der Waals surface area contributed by atoms with Gasteiger partial charge in [-0.2, -0.15) is 0 Å². The zero-order valence-corrected chi connectivity index (χ0v) is 10.9. The second kappa shape index (κ2) is 4.26. The average Bonchev–Trinajstić information content (AvgIpc) is 2.77. The van der Waals surface area contributed by atoms with Crippen LogP contribution >= 0.6 is 34.5 Å². The Morgan fingerprint density at radius 3 is 2.53 bits per heavy atom. The zero-order valence-electron chi connectivity index (χ0n) is 8.52. The number of hydrogen-bond acceptors (Lipinski definition) is 3. The van der Waals surface area contributed by atoms with Crippen molar-refractivity contribution in [3.63, 3.8) is 0 Å². The first-order valence-electron chi connectivity index (χ1n) is 4.90. The number of thiazole rings is 1. The Bertz CT molecular complexity index is 674. The van der Waals surface area contributed by atoms with Crippen LogP contribution < -0.4 is 0 Å². The molecule has 0 spiro atoms. The summed E-state index contributed by atoms with van der Waals surface area (Å²) in [7, 11) is 0. The first-order chi connectivity index (χ1) is 8.27. The fourth-order valence-electron chi connectivity index (χ4n) is 1.69. The molecule has 84 valence electrons. The van der Waals surface area contributed by atoms with Gasteiger partial charge in [0.15, 0.2) is 0 Å². The predicted molar refractivity (Wildman–Crippen MR) is 72.9 cm³/mol. The third-order valence-corrected chi connectivity index (χ3v) is 3.92. The Labute approximate surface area is 112 Å². The van der Waals surface area contributed by atoms with E-state index in [1.54, 1.807) is 11.7 Å². The van der Waals surface area contributed by atoms with Crippen LogP contribution in [0.25, 0.3) is 21.5 Å². The Balaban J connectivity index is 2.38. The van der Waals surface area contributed by atoms with Crippen LogP contribution in [0.5, 0.6) is 0 Å². The largest absolute Gasteiger partial charge is 0.254 e. The third-order valence-electron chi connectivity index (χ3n) is 2.45. The molecule has 0 aliphatic carbocycles. The minimum atomic E-state index is 0.603. The average molecular weight is 281 g/mol. The molecule has 0 aliphatic rings. The van der Waals surface area contributed by atoms with E-state index in [4.69, 9.17) is 23.2 Å². The number of fused-ring (bicyclic) bond motifs is 1. The molecule has 0 fully saturated rings. The molecule has 2 heterocycles. The van der Waals surface area contributed by atoms with E-state index in [1.165, 1.54) is 11.3 Å². The van der Waals surface area contributed by atoms with Gasteiger partial charge in [0.05, 0.1) is 31.5 Å². The molecule has 0 saturated carbocycles. The quantitative estimate of drug-likeness (QED) is 0.648. The predicted octanol–water partition coefficient (Wildman–Crippen LogP) is 4.67. The van der Waals surface area contributed by atoms with Gasteiger partial charge in [-0.05, 0) is 18.2 Å². The van der Waals surface area contributed by atoms with Crippen molar-refractivity contribution < 1.29 is 0 Å². The number of benzene rings is 1. The molecule has 0 atom stereocenters. The summed E-state index contributed by atoms with van der Waals surface area (Å²) in [5.41, 5.74) is 4.27. The van der Waals surface area contributed by atoms with Crippen LogP contribution in [0.15, 0.2) is 36.0 Å². The number of pyridine rings is 1. The maximum atomic E-state index is 6.19. The van der Waals surface area contributed by atoms with Crippen molar-refractivity contribution in [2.75, 3.05) is 0 Å². The summed E-state index contributed by atoms with van der Waals surface area (Å²) in [5.74, 6) is 0. The van der Waals surface area contributed by atoms with Gasteiger partial charge >= 0.3 is 0 Å². The minimum absolute atomic E-state index is 0.603. The monoisotopic (exact) mass is 280 g/mol. The third kappa shape index (κ3) is 1.80. The lowest BCUT2D eigenvalue weighted by molar-refractivity contribution is 1.35. The van der Waals surface area contributed by atoms with Crippen LogP contribution in [0.4, 0.5) is 0 Å². The summed E-state index contributed by atoms with van der Waals surface area (Å²) in [6.07, 6.45) is 1.72. The molecule has 5 heteroatoms. The second-order valence-electron chi connectivity index (χ2n) is 3.46. The lowest BCUT2D eigenvalue weighted by Gasteiger charge is -2.06. The van der Waals surface area contributed by atoms with E-state index in [2.05, 4.69) is 9.97 Å². The maximum Gasteiger partial charge on any atom is 0.0926 e. The molecule has 2 nitrogen and oxygen atoms in total. The first-order valence-corrected chi connectivity index (χ1v) is 6.53. The van der Waals surface area contributed by atoms with Crippen molar-refractivity contribution >= 4 is 44.8 Å². The number of rotatable bonds is 1. The standard InChI is InChI=1S/C12H6Cl2N2S/c13-7-2-1-3-8(14)10(7)11-12-9(4-5-15-11)16-6-17-12/h1-6H. The molecule has 1 aromatic carbocycles. The molecule has 0 radical (unpaired) electrons. The van der Waals surface area contributed by atoms with E-state index in [0.29, 0.717) is 10.0 Å². The summed E-state index contributed by atoms with van der Waals surface area (Å²) in [6, 6.07) is 7.32. The van der Waals surface area contributed by atoms with Gasteiger partial charge in [-0.25, -0.2) is 4.98 Å². The highest BCUT2D eigenvalue weighted by Gasteiger charge is 2.13. The van der Waals surface area contributed by atoms with E-state index in [9.17, 15) is 0 Å². The van der Waals surface area contributed by atoms with E-state index in [1.807, 2.05) is 24.3 Å². The lowest BCUT2D eigenvalue weighted by atomic mass is 10.1. The van der Waals surface area contributed by atoms with Crippen molar-refractivity contribution in [3.8, 4) is 11.3 Å². The smallest absolute Gasteiger partial charge is 0.0926 e. The highest BCUT2D eigenvalue weighted by molar-refractivity contribution is 7.17. The molecule has 3 aromatic rings. The Morgan fingerprint density at radius 2 is 1.76 bits per heavy atom. The van der Waals surface area contributed by atoms with Gasteiger partial charge in [-0.3, -0.25) is 4.98 Å². The van der Waals surface area contributed by atoms with E-state index in [0.717, 1.165) is 21.5 Å². The Morgan fingerprint density at radius 1 is 1.00 bits per heavy atom. The SMILES string of the molecule is Clc1cccc(Cl)c1-c1nccc2ncsc12.